The molecular formula is C20H20FN3O3. The Morgan fingerprint density at radius 3 is 2.26 bits per heavy atom. The number of carbonyl (C=O) groups excluding carboxylic acids is 3. The van der Waals surface area contributed by atoms with Crippen molar-refractivity contribution in [1.29, 1.82) is 0 Å². The van der Waals surface area contributed by atoms with Crippen LogP contribution >= 0.6 is 0 Å². The average molecular weight is 369 g/mol. The smallest absolute Gasteiger partial charge is 0.312 e. The van der Waals surface area contributed by atoms with Crippen molar-refractivity contribution >= 4 is 23.4 Å². The van der Waals surface area contributed by atoms with Crippen LogP contribution in [-0.2, 0) is 20.9 Å². The van der Waals surface area contributed by atoms with E-state index in [1.165, 1.54) is 34.1 Å². The lowest BCUT2D eigenvalue weighted by molar-refractivity contribution is -0.156. The van der Waals surface area contributed by atoms with Gasteiger partial charge in [0.05, 0.1) is 0 Å². The Hall–Kier alpha value is -3.22. The number of piperazine rings is 1. The third-order valence-electron chi connectivity index (χ3n) is 4.35. The molecule has 0 radical (unpaired) electrons. The minimum atomic E-state index is -0.591. The maximum absolute atomic E-state index is 12.9. The molecule has 1 aliphatic rings. The summed E-state index contributed by atoms with van der Waals surface area (Å²) in [5.41, 5.74) is 1.45. The summed E-state index contributed by atoms with van der Waals surface area (Å²) in [6.45, 7) is 1.38. The lowest BCUT2D eigenvalue weighted by atomic mass is 10.2. The van der Waals surface area contributed by atoms with E-state index in [1.807, 2.05) is 30.3 Å². The number of nitrogens with one attached hydrogen (secondary N) is 1. The van der Waals surface area contributed by atoms with Crippen LogP contribution in [0.2, 0.25) is 0 Å². The highest BCUT2D eigenvalue weighted by Gasteiger charge is 2.32. The minimum absolute atomic E-state index is 0.0646. The van der Waals surface area contributed by atoms with Crippen molar-refractivity contribution in [2.45, 2.75) is 13.0 Å². The maximum atomic E-state index is 12.9. The van der Waals surface area contributed by atoms with Gasteiger partial charge in [-0.3, -0.25) is 14.4 Å². The van der Waals surface area contributed by atoms with Gasteiger partial charge in [-0.05, 0) is 29.8 Å². The second-order valence-corrected chi connectivity index (χ2v) is 6.31. The fourth-order valence-corrected chi connectivity index (χ4v) is 2.88. The van der Waals surface area contributed by atoms with Crippen LogP contribution < -0.4 is 5.32 Å². The number of amides is 3. The van der Waals surface area contributed by atoms with Gasteiger partial charge in [0, 0.05) is 38.3 Å². The number of anilines is 1. The Labute approximate surface area is 156 Å². The second-order valence-electron chi connectivity index (χ2n) is 6.31. The zero-order chi connectivity index (χ0) is 19.2. The molecular weight excluding hydrogens is 349 g/mol. The van der Waals surface area contributed by atoms with E-state index in [9.17, 15) is 18.8 Å². The average Bonchev–Trinajstić information content (AvgIpc) is 2.67. The predicted molar refractivity (Wildman–Crippen MR) is 98.1 cm³/mol. The molecule has 7 heteroatoms. The molecule has 2 aromatic carbocycles. The zero-order valence-electron chi connectivity index (χ0n) is 14.7. The molecule has 3 amide bonds. The lowest BCUT2D eigenvalue weighted by Gasteiger charge is -2.33. The van der Waals surface area contributed by atoms with Gasteiger partial charge >= 0.3 is 11.8 Å². The fourth-order valence-electron chi connectivity index (χ4n) is 2.88. The number of benzene rings is 2. The highest BCUT2D eigenvalue weighted by Crippen LogP contribution is 2.12. The zero-order valence-corrected chi connectivity index (χ0v) is 14.7. The largest absolute Gasteiger partial charge is 0.332 e. The number of rotatable bonds is 6. The topological polar surface area (TPSA) is 69.7 Å². The molecule has 2 aromatic rings. The van der Waals surface area contributed by atoms with E-state index in [2.05, 4.69) is 5.32 Å². The Bertz CT molecular complexity index is 824. The number of carbonyl (C=O) groups is 3. The second kappa shape index (κ2) is 8.44. The van der Waals surface area contributed by atoms with Crippen LogP contribution in [0.1, 0.15) is 12.0 Å². The first kappa shape index (κ1) is 18.6. The molecule has 1 aliphatic heterocycles. The first-order chi connectivity index (χ1) is 13.0. The van der Waals surface area contributed by atoms with E-state index in [4.69, 9.17) is 0 Å². The van der Waals surface area contributed by atoms with Gasteiger partial charge in [0.15, 0.2) is 0 Å². The van der Waals surface area contributed by atoms with Gasteiger partial charge < -0.3 is 15.1 Å². The van der Waals surface area contributed by atoms with Crippen molar-refractivity contribution in [3.63, 3.8) is 0 Å². The molecule has 1 heterocycles. The summed E-state index contributed by atoms with van der Waals surface area (Å²) in [5, 5.41) is 2.64. The monoisotopic (exact) mass is 369 g/mol. The Morgan fingerprint density at radius 2 is 1.56 bits per heavy atom. The van der Waals surface area contributed by atoms with Gasteiger partial charge in [-0.25, -0.2) is 4.39 Å². The molecule has 0 aliphatic carbocycles. The third-order valence-corrected chi connectivity index (χ3v) is 4.35. The summed E-state index contributed by atoms with van der Waals surface area (Å²) < 4.78 is 12.9. The fraction of sp³-hybridized carbons (Fsp3) is 0.250. The van der Waals surface area contributed by atoms with Gasteiger partial charge in [0.1, 0.15) is 5.82 Å². The summed E-state index contributed by atoms with van der Waals surface area (Å²) in [4.78, 5) is 39.5. The van der Waals surface area contributed by atoms with Crippen molar-refractivity contribution in [3.8, 4) is 0 Å². The molecule has 1 N–H and O–H groups in total. The van der Waals surface area contributed by atoms with Crippen molar-refractivity contribution in [3.05, 3.63) is 66.0 Å². The van der Waals surface area contributed by atoms with Crippen LogP contribution in [0.5, 0.6) is 0 Å². The van der Waals surface area contributed by atoms with Crippen molar-refractivity contribution in [2.75, 3.05) is 25.0 Å². The molecule has 0 aromatic heterocycles. The van der Waals surface area contributed by atoms with E-state index in [0.29, 0.717) is 25.3 Å². The molecule has 0 saturated carbocycles. The quantitative estimate of drug-likeness (QED) is 0.792. The van der Waals surface area contributed by atoms with E-state index in [1.54, 1.807) is 0 Å². The van der Waals surface area contributed by atoms with E-state index >= 15 is 0 Å². The van der Waals surface area contributed by atoms with Crippen LogP contribution in [-0.4, -0.2) is 47.2 Å². The van der Waals surface area contributed by atoms with Crippen LogP contribution in [0.4, 0.5) is 10.1 Å². The standard InChI is InChI=1S/C20H20FN3O3/c21-16-6-8-17(9-7-16)22-18(25)10-11-23-12-13-24(20(27)19(23)26)14-15-4-2-1-3-5-15/h1-9H,10-14H2,(H,22,25). The SMILES string of the molecule is O=C(CCN1CCN(Cc2ccccc2)C(=O)C1=O)Nc1ccc(F)cc1. The van der Waals surface area contributed by atoms with Crippen LogP contribution in [0.25, 0.3) is 0 Å². The molecule has 0 unspecified atom stereocenters. The van der Waals surface area contributed by atoms with Crippen molar-refractivity contribution in [1.82, 2.24) is 9.80 Å². The van der Waals surface area contributed by atoms with Gasteiger partial charge in [-0.2, -0.15) is 0 Å². The molecule has 27 heavy (non-hydrogen) atoms. The van der Waals surface area contributed by atoms with Crippen molar-refractivity contribution in [2.24, 2.45) is 0 Å². The Morgan fingerprint density at radius 1 is 0.926 bits per heavy atom. The highest BCUT2D eigenvalue weighted by atomic mass is 19.1. The summed E-state index contributed by atoms with van der Waals surface area (Å²) in [5.74, 6) is -1.82. The number of halogens is 1. The van der Waals surface area contributed by atoms with E-state index in [-0.39, 0.29) is 24.7 Å². The third kappa shape index (κ3) is 4.91. The number of nitrogens with zero attached hydrogens (tertiary/aromatic N) is 2. The Balaban J connectivity index is 1.49. The first-order valence-corrected chi connectivity index (χ1v) is 8.70. The molecule has 1 saturated heterocycles. The van der Waals surface area contributed by atoms with E-state index < -0.39 is 11.8 Å². The first-order valence-electron chi connectivity index (χ1n) is 8.70. The summed E-state index contributed by atoms with van der Waals surface area (Å²) in [6.07, 6.45) is 0.0646. The molecule has 140 valence electrons. The molecule has 0 spiro atoms. The Kier molecular flexibility index (Phi) is 5.80. The van der Waals surface area contributed by atoms with Gasteiger partial charge in [0.2, 0.25) is 5.91 Å². The summed E-state index contributed by atoms with van der Waals surface area (Å²) in [6, 6.07) is 14.9. The minimum Gasteiger partial charge on any atom is -0.332 e. The van der Waals surface area contributed by atoms with Gasteiger partial charge in [-0.1, -0.05) is 30.3 Å². The summed E-state index contributed by atoms with van der Waals surface area (Å²) in [7, 11) is 0. The summed E-state index contributed by atoms with van der Waals surface area (Å²) >= 11 is 0. The van der Waals surface area contributed by atoms with Crippen LogP contribution in [0.15, 0.2) is 54.6 Å². The van der Waals surface area contributed by atoms with Crippen LogP contribution in [0.3, 0.4) is 0 Å². The molecule has 3 rings (SSSR count). The van der Waals surface area contributed by atoms with E-state index in [0.717, 1.165) is 5.56 Å². The number of hydrogen-bond acceptors (Lipinski definition) is 3. The molecule has 0 atom stereocenters. The van der Waals surface area contributed by atoms with Crippen molar-refractivity contribution < 1.29 is 18.8 Å². The predicted octanol–water partition coefficient (Wildman–Crippen LogP) is 2.03. The molecule has 6 nitrogen and oxygen atoms in total. The lowest BCUT2D eigenvalue weighted by Crippen LogP contribution is -2.54. The highest BCUT2D eigenvalue weighted by molar-refractivity contribution is 6.35. The normalized spacial score (nSPS) is 14.4. The molecule has 1 fully saturated rings. The maximum Gasteiger partial charge on any atom is 0.312 e. The van der Waals surface area contributed by atoms with Gasteiger partial charge in [-0.15, -0.1) is 0 Å². The molecule has 0 bridgehead atoms. The number of hydrogen-bond donors (Lipinski definition) is 1. The van der Waals surface area contributed by atoms with Crippen LogP contribution in [0, 0.1) is 5.82 Å². The van der Waals surface area contributed by atoms with Gasteiger partial charge in [0.25, 0.3) is 0 Å².